The number of hydrogen-bond acceptors (Lipinski definition) is 2. The molecule has 2 N–H and O–H groups in total. The molecular formula is C13H16BrNO2. The van der Waals surface area contributed by atoms with Crippen LogP contribution in [-0.2, 0) is 0 Å². The van der Waals surface area contributed by atoms with E-state index in [1.165, 1.54) is 19.3 Å². The first-order valence-electron chi connectivity index (χ1n) is 5.94. The van der Waals surface area contributed by atoms with Crippen LogP contribution in [0, 0.1) is 5.92 Å². The van der Waals surface area contributed by atoms with Gasteiger partial charge in [-0.3, -0.25) is 0 Å². The predicted molar refractivity (Wildman–Crippen MR) is 71.5 cm³/mol. The normalized spacial score (nSPS) is 14.6. The smallest absolute Gasteiger partial charge is 0.338 e. The van der Waals surface area contributed by atoms with E-state index in [0.717, 1.165) is 18.9 Å². The van der Waals surface area contributed by atoms with Gasteiger partial charge < -0.3 is 10.4 Å². The molecule has 0 atom stereocenters. The Bertz CT molecular complexity index is 416. The summed E-state index contributed by atoms with van der Waals surface area (Å²) in [5, 5.41) is 12.3. The summed E-state index contributed by atoms with van der Waals surface area (Å²) in [5.41, 5.74) is 1.02. The molecule has 1 aliphatic carbocycles. The van der Waals surface area contributed by atoms with Crippen LogP contribution >= 0.6 is 15.9 Å². The standard InChI is InChI=1S/C13H16BrNO2/c14-10-4-1-5-11(12(10)13(16)17)15-8-2-3-9-6-7-9/h1,4-5,9,15H,2-3,6-8H2,(H,16,17). The molecule has 1 aromatic carbocycles. The van der Waals surface area contributed by atoms with Crippen molar-refractivity contribution in [2.45, 2.75) is 25.7 Å². The molecule has 1 saturated carbocycles. The lowest BCUT2D eigenvalue weighted by atomic mass is 10.1. The van der Waals surface area contributed by atoms with E-state index < -0.39 is 5.97 Å². The van der Waals surface area contributed by atoms with E-state index in [9.17, 15) is 4.79 Å². The maximum absolute atomic E-state index is 11.1. The second-order valence-corrected chi connectivity index (χ2v) is 5.33. The van der Waals surface area contributed by atoms with Crippen LogP contribution in [0.15, 0.2) is 22.7 Å². The van der Waals surface area contributed by atoms with Gasteiger partial charge in [-0.2, -0.15) is 0 Å². The third-order valence-electron chi connectivity index (χ3n) is 3.03. The molecule has 4 heteroatoms. The lowest BCUT2D eigenvalue weighted by Gasteiger charge is -2.10. The molecule has 0 radical (unpaired) electrons. The second kappa shape index (κ2) is 5.54. The first-order chi connectivity index (χ1) is 8.18. The quantitative estimate of drug-likeness (QED) is 0.786. The van der Waals surface area contributed by atoms with Crippen molar-refractivity contribution >= 4 is 27.6 Å². The van der Waals surface area contributed by atoms with Gasteiger partial charge in [-0.1, -0.05) is 18.9 Å². The van der Waals surface area contributed by atoms with Crippen molar-refractivity contribution in [3.8, 4) is 0 Å². The molecule has 0 heterocycles. The fourth-order valence-corrected chi connectivity index (χ4v) is 2.44. The average molecular weight is 298 g/mol. The van der Waals surface area contributed by atoms with Crippen LogP contribution in [0.1, 0.15) is 36.0 Å². The van der Waals surface area contributed by atoms with Gasteiger partial charge in [0, 0.05) is 16.7 Å². The number of nitrogens with one attached hydrogen (secondary N) is 1. The van der Waals surface area contributed by atoms with E-state index in [-0.39, 0.29) is 0 Å². The van der Waals surface area contributed by atoms with Gasteiger partial charge in [-0.25, -0.2) is 4.79 Å². The molecule has 1 aromatic rings. The Balaban J connectivity index is 1.93. The Hall–Kier alpha value is -1.03. The van der Waals surface area contributed by atoms with Crippen molar-refractivity contribution < 1.29 is 9.90 Å². The molecule has 3 nitrogen and oxygen atoms in total. The summed E-state index contributed by atoms with van der Waals surface area (Å²) in [6.07, 6.45) is 5.11. The van der Waals surface area contributed by atoms with Crippen molar-refractivity contribution in [1.82, 2.24) is 0 Å². The number of aromatic carboxylic acids is 1. The van der Waals surface area contributed by atoms with Crippen LogP contribution in [0.3, 0.4) is 0 Å². The van der Waals surface area contributed by atoms with Gasteiger partial charge in [0.2, 0.25) is 0 Å². The Morgan fingerprint density at radius 3 is 2.88 bits per heavy atom. The van der Waals surface area contributed by atoms with Gasteiger partial charge in [0.1, 0.15) is 0 Å². The van der Waals surface area contributed by atoms with Crippen molar-refractivity contribution in [2.24, 2.45) is 5.92 Å². The summed E-state index contributed by atoms with van der Waals surface area (Å²) in [4.78, 5) is 11.1. The van der Waals surface area contributed by atoms with Gasteiger partial charge in [-0.05, 0) is 46.8 Å². The lowest BCUT2D eigenvalue weighted by Crippen LogP contribution is -2.08. The fourth-order valence-electron chi connectivity index (χ4n) is 1.91. The molecular weight excluding hydrogens is 282 g/mol. The first-order valence-corrected chi connectivity index (χ1v) is 6.73. The minimum atomic E-state index is -0.901. The van der Waals surface area contributed by atoms with Crippen molar-refractivity contribution in [3.05, 3.63) is 28.2 Å². The molecule has 92 valence electrons. The van der Waals surface area contributed by atoms with E-state index in [4.69, 9.17) is 5.11 Å². The third-order valence-corrected chi connectivity index (χ3v) is 3.69. The fraction of sp³-hybridized carbons (Fsp3) is 0.462. The zero-order valence-corrected chi connectivity index (χ0v) is 11.2. The van der Waals surface area contributed by atoms with E-state index >= 15 is 0 Å². The number of hydrogen-bond donors (Lipinski definition) is 2. The van der Waals surface area contributed by atoms with Crippen molar-refractivity contribution in [3.63, 3.8) is 0 Å². The number of carbonyl (C=O) groups is 1. The Labute approximate surface area is 109 Å². The SMILES string of the molecule is O=C(O)c1c(Br)cccc1NCCCC1CC1. The molecule has 0 bridgehead atoms. The molecule has 0 unspecified atom stereocenters. The monoisotopic (exact) mass is 297 g/mol. The summed E-state index contributed by atoms with van der Waals surface area (Å²) in [6, 6.07) is 5.41. The van der Waals surface area contributed by atoms with E-state index in [2.05, 4.69) is 21.2 Å². The molecule has 17 heavy (non-hydrogen) atoms. The predicted octanol–water partition coefficient (Wildman–Crippen LogP) is 3.75. The maximum Gasteiger partial charge on any atom is 0.338 e. The highest BCUT2D eigenvalue weighted by Crippen LogP contribution is 2.33. The van der Waals surface area contributed by atoms with Gasteiger partial charge >= 0.3 is 5.97 Å². The minimum Gasteiger partial charge on any atom is -0.478 e. The first kappa shape index (κ1) is 12.4. The topological polar surface area (TPSA) is 49.3 Å². The van der Waals surface area contributed by atoms with Gasteiger partial charge in [0.05, 0.1) is 5.56 Å². The van der Waals surface area contributed by atoms with Crippen LogP contribution in [0.4, 0.5) is 5.69 Å². The summed E-state index contributed by atoms with van der Waals surface area (Å²) in [6.45, 7) is 0.841. The summed E-state index contributed by atoms with van der Waals surface area (Å²) >= 11 is 3.27. The third kappa shape index (κ3) is 3.46. The number of carboxylic acid groups (broad SMARTS) is 1. The number of halogens is 1. The largest absolute Gasteiger partial charge is 0.478 e. The van der Waals surface area contributed by atoms with Crippen molar-refractivity contribution in [2.75, 3.05) is 11.9 Å². The highest BCUT2D eigenvalue weighted by Gasteiger charge is 2.20. The van der Waals surface area contributed by atoms with Gasteiger partial charge in [0.15, 0.2) is 0 Å². The number of benzene rings is 1. The highest BCUT2D eigenvalue weighted by molar-refractivity contribution is 9.10. The van der Waals surface area contributed by atoms with Crippen LogP contribution in [0.5, 0.6) is 0 Å². The van der Waals surface area contributed by atoms with Crippen LogP contribution < -0.4 is 5.32 Å². The molecule has 0 amide bonds. The van der Waals surface area contributed by atoms with Crippen LogP contribution in [0.25, 0.3) is 0 Å². The van der Waals surface area contributed by atoms with Gasteiger partial charge in [0.25, 0.3) is 0 Å². The summed E-state index contributed by atoms with van der Waals surface area (Å²) < 4.78 is 0.622. The van der Waals surface area contributed by atoms with E-state index in [1.54, 1.807) is 6.07 Å². The Morgan fingerprint density at radius 2 is 2.24 bits per heavy atom. The molecule has 0 spiro atoms. The van der Waals surface area contributed by atoms with E-state index in [0.29, 0.717) is 15.7 Å². The Kier molecular flexibility index (Phi) is 4.05. The van der Waals surface area contributed by atoms with Crippen LogP contribution in [-0.4, -0.2) is 17.6 Å². The molecule has 0 aliphatic heterocycles. The lowest BCUT2D eigenvalue weighted by molar-refractivity contribution is 0.0697. The number of anilines is 1. The Morgan fingerprint density at radius 1 is 1.47 bits per heavy atom. The highest BCUT2D eigenvalue weighted by atomic mass is 79.9. The van der Waals surface area contributed by atoms with E-state index in [1.807, 2.05) is 12.1 Å². The average Bonchev–Trinajstić information content (AvgIpc) is 3.07. The number of carboxylic acids is 1. The van der Waals surface area contributed by atoms with Gasteiger partial charge in [-0.15, -0.1) is 0 Å². The van der Waals surface area contributed by atoms with Crippen LogP contribution in [0.2, 0.25) is 0 Å². The zero-order chi connectivity index (χ0) is 12.3. The number of rotatable bonds is 6. The zero-order valence-electron chi connectivity index (χ0n) is 9.58. The summed E-state index contributed by atoms with van der Waals surface area (Å²) in [5.74, 6) is 0.0282. The molecule has 2 rings (SSSR count). The van der Waals surface area contributed by atoms with Crippen molar-refractivity contribution in [1.29, 1.82) is 0 Å². The second-order valence-electron chi connectivity index (χ2n) is 4.48. The minimum absolute atomic E-state index is 0.318. The summed E-state index contributed by atoms with van der Waals surface area (Å²) in [7, 11) is 0. The maximum atomic E-state index is 11.1. The molecule has 1 aliphatic rings. The molecule has 0 aromatic heterocycles. The molecule has 0 saturated heterocycles. The molecule has 1 fully saturated rings.